The zero-order valence-electron chi connectivity index (χ0n) is 46.0. The van der Waals surface area contributed by atoms with Crippen LogP contribution in [0.15, 0.2) is 126 Å². The van der Waals surface area contributed by atoms with Gasteiger partial charge in [-0.25, -0.2) is 9.18 Å². The predicted octanol–water partition coefficient (Wildman–Crippen LogP) is 12.8. The number of rotatable bonds is 28. The molecule has 5 aromatic carbocycles. The molecule has 4 bridgehead atoms. The number of halogens is 1. The minimum atomic E-state index is -3.84. The van der Waals surface area contributed by atoms with Gasteiger partial charge >= 0.3 is 6.09 Å². The van der Waals surface area contributed by atoms with Crippen LogP contribution in [0.1, 0.15) is 87.1 Å². The van der Waals surface area contributed by atoms with Crippen molar-refractivity contribution in [2.45, 2.75) is 75.2 Å². The molecule has 0 aromatic heterocycles. The molecule has 9 rings (SSSR count). The van der Waals surface area contributed by atoms with Crippen molar-refractivity contribution < 1.29 is 54.9 Å². The smallest absolute Gasteiger partial charge is 0.414 e. The van der Waals surface area contributed by atoms with Crippen molar-refractivity contribution in [3.05, 3.63) is 149 Å². The second kappa shape index (κ2) is 29.8. The van der Waals surface area contributed by atoms with Crippen LogP contribution in [0.4, 0.5) is 20.6 Å². The summed E-state index contributed by atoms with van der Waals surface area (Å²) < 4.78 is 80.8. The normalized spacial score (nSPS) is 18.7. The fourth-order valence-electron chi connectivity index (χ4n) is 10.6. The van der Waals surface area contributed by atoms with Crippen LogP contribution in [0.25, 0.3) is 24.3 Å². The van der Waals surface area contributed by atoms with Crippen molar-refractivity contribution in [1.29, 1.82) is 0 Å². The maximum atomic E-state index is 12.8. The van der Waals surface area contributed by atoms with E-state index in [9.17, 15) is 17.6 Å². The van der Waals surface area contributed by atoms with Gasteiger partial charge in [0.05, 0.1) is 64.4 Å². The number of benzene rings is 5. The molecule has 13 nitrogen and oxygen atoms in total. The summed E-state index contributed by atoms with van der Waals surface area (Å²) >= 11 is 0. The third kappa shape index (κ3) is 19.1. The number of hydrogen-bond acceptors (Lipinski definition) is 12. The molecule has 1 N–H and O–H groups in total. The van der Waals surface area contributed by atoms with E-state index in [1.807, 2.05) is 137 Å². The number of carbonyl (C=O) groups is 1. The van der Waals surface area contributed by atoms with E-state index in [4.69, 9.17) is 37.3 Å². The van der Waals surface area contributed by atoms with Gasteiger partial charge in [0, 0.05) is 25.5 Å². The van der Waals surface area contributed by atoms with Gasteiger partial charge in [0.1, 0.15) is 37.0 Å². The van der Waals surface area contributed by atoms with Gasteiger partial charge in [-0.2, -0.15) is 8.42 Å². The lowest BCUT2D eigenvalue weighted by atomic mass is 9.48. The monoisotopic (exact) mass is 1090 g/mol. The number of carbonyl (C=O) groups excluding carboxylic acids is 1. The molecule has 15 heteroatoms. The zero-order chi connectivity index (χ0) is 55.2. The van der Waals surface area contributed by atoms with Crippen LogP contribution in [-0.4, -0.2) is 114 Å². The molecule has 0 saturated heterocycles. The second-order valence-electron chi connectivity index (χ2n) is 21.1. The number of ether oxygens (including phenoxy) is 7. The first kappa shape index (κ1) is 59.6. The standard InChI is InChI=1S/C42H53NO8S.C21H26FNO3/c1-41(2,3)51-40(44)43(4)37-13-7-31(8-14-37)5-6-32-9-15-38(16-10-32)49-23-21-47-19-20-48-22-24-50-52(45,46)39-17-11-36(12-18-39)42-28-33-25-34(29-42)27-35(26-33)30-42;1-23-20-8-4-18(5-9-20)2-3-19-6-10-21(11-7-19)26-17-16-25-15-14-24-13-12-22/h5-18,33-35H,19-30H2,1-4H3;2-11,23H,12-17H2,1H3/b6-5+;3-2+/i;22-1. The largest absolute Gasteiger partial charge is 0.491 e. The lowest BCUT2D eigenvalue weighted by molar-refractivity contribution is -0.00521. The predicted molar refractivity (Wildman–Crippen MR) is 307 cm³/mol. The lowest BCUT2D eigenvalue weighted by Gasteiger charge is -2.57. The van der Waals surface area contributed by atoms with Gasteiger partial charge in [-0.15, -0.1) is 0 Å². The van der Waals surface area contributed by atoms with E-state index >= 15 is 0 Å². The number of amides is 1. The summed E-state index contributed by atoms with van der Waals surface area (Å²) in [5.41, 5.74) is 7.14. The van der Waals surface area contributed by atoms with Gasteiger partial charge in [0.25, 0.3) is 10.1 Å². The summed E-state index contributed by atoms with van der Waals surface area (Å²) in [5, 5.41) is 3.10. The van der Waals surface area contributed by atoms with E-state index in [0.29, 0.717) is 52.9 Å². The quantitative estimate of drug-likeness (QED) is 0.0290. The minimum Gasteiger partial charge on any atom is -0.491 e. The molecule has 0 radical (unpaired) electrons. The van der Waals surface area contributed by atoms with Crippen molar-refractivity contribution in [1.82, 2.24) is 0 Å². The van der Waals surface area contributed by atoms with Crippen LogP contribution >= 0.6 is 0 Å². The van der Waals surface area contributed by atoms with Crippen LogP contribution in [0.3, 0.4) is 0 Å². The Labute approximate surface area is 462 Å². The maximum Gasteiger partial charge on any atom is 0.414 e. The van der Waals surface area contributed by atoms with Crippen LogP contribution in [0.5, 0.6) is 11.5 Å². The van der Waals surface area contributed by atoms with Crippen molar-refractivity contribution >= 4 is 51.9 Å². The number of hydrogen-bond donors (Lipinski definition) is 1. The molecule has 4 fully saturated rings. The number of alkyl halides is 1. The van der Waals surface area contributed by atoms with Crippen molar-refractivity contribution in [3.8, 4) is 11.5 Å². The van der Waals surface area contributed by atoms with Crippen molar-refractivity contribution in [2.75, 3.05) is 104 Å². The van der Waals surface area contributed by atoms with Gasteiger partial charge in [0.2, 0.25) is 0 Å². The van der Waals surface area contributed by atoms with E-state index in [1.165, 1.54) is 49.0 Å². The molecule has 0 atom stereocenters. The molecule has 0 unspecified atom stereocenters. The zero-order valence-corrected chi connectivity index (χ0v) is 46.9. The number of nitrogens with one attached hydrogen (secondary N) is 1. The van der Waals surface area contributed by atoms with Crippen LogP contribution in [-0.2, 0) is 43.4 Å². The average molecular weight is 1090 g/mol. The van der Waals surface area contributed by atoms with E-state index < -0.39 is 28.5 Å². The van der Waals surface area contributed by atoms with Crippen LogP contribution < -0.4 is 19.7 Å². The second-order valence-corrected chi connectivity index (χ2v) is 22.8. The lowest BCUT2D eigenvalue weighted by Crippen LogP contribution is -2.48. The SMILES string of the molecule is CN(C(=O)OC(C)(C)C)c1ccc(/C=C/c2ccc(OCCOCCOCCOS(=O)(=O)c3ccc(C45CC6CC(CC(C6)C4)C5)cc3)cc2)cc1.CNc1ccc(/C=C/c2ccc(OCCOCCOCC[18F])cc2)cc1. The highest BCUT2D eigenvalue weighted by atomic mass is 32.2. The van der Waals surface area contributed by atoms with Crippen molar-refractivity contribution in [3.63, 3.8) is 0 Å². The molecule has 5 aromatic rings. The Bertz CT molecular complexity index is 2710. The first-order valence-electron chi connectivity index (χ1n) is 27.2. The van der Waals surface area contributed by atoms with Crippen LogP contribution in [0, 0.1) is 17.8 Å². The molecule has 0 spiro atoms. The summed E-state index contributed by atoms with van der Waals surface area (Å²) in [7, 11) is -0.239. The molecule has 1 amide bonds. The summed E-state index contributed by atoms with van der Waals surface area (Å²) in [6, 6.07) is 39.1. The van der Waals surface area contributed by atoms with Gasteiger partial charge in [-0.3, -0.25) is 9.08 Å². The fraction of sp³-hybridized carbons (Fsp3) is 0.444. The van der Waals surface area contributed by atoms with Gasteiger partial charge in [-0.1, -0.05) is 85.0 Å². The van der Waals surface area contributed by atoms with Crippen molar-refractivity contribution in [2.24, 2.45) is 17.8 Å². The molecule has 4 aliphatic rings. The highest BCUT2D eigenvalue weighted by Gasteiger charge is 2.51. The van der Waals surface area contributed by atoms with Gasteiger partial charge in [0.15, 0.2) is 0 Å². The molecule has 78 heavy (non-hydrogen) atoms. The summed E-state index contributed by atoms with van der Waals surface area (Å²) in [6.45, 7) is 8.58. The summed E-state index contributed by atoms with van der Waals surface area (Å²) in [5.74, 6) is 4.08. The number of nitrogens with zero attached hydrogens (tertiary/aromatic N) is 1. The molecule has 4 saturated carbocycles. The Morgan fingerprint density at radius 1 is 0.577 bits per heavy atom. The Morgan fingerprint density at radius 3 is 1.40 bits per heavy atom. The molecular formula is C63H79FN2O11S. The fourth-order valence-corrected chi connectivity index (χ4v) is 11.5. The molecule has 0 aliphatic heterocycles. The molecule has 420 valence electrons. The Morgan fingerprint density at radius 2 is 0.974 bits per heavy atom. The van der Waals surface area contributed by atoms with Crippen LogP contribution in [0.2, 0.25) is 0 Å². The van der Waals surface area contributed by atoms with E-state index in [-0.39, 0.29) is 30.1 Å². The van der Waals surface area contributed by atoms with E-state index in [1.54, 1.807) is 19.2 Å². The minimum absolute atomic E-state index is 0.0485. The van der Waals surface area contributed by atoms with E-state index in [0.717, 1.165) is 62.9 Å². The third-order valence-electron chi connectivity index (χ3n) is 14.1. The topological polar surface area (TPSA) is 140 Å². The van der Waals surface area contributed by atoms with Gasteiger partial charge < -0.3 is 38.5 Å². The summed E-state index contributed by atoms with van der Waals surface area (Å²) in [6.07, 6.45) is 15.7. The highest BCUT2D eigenvalue weighted by molar-refractivity contribution is 7.86. The number of anilines is 2. The van der Waals surface area contributed by atoms with Gasteiger partial charge in [-0.05, 0) is 171 Å². The third-order valence-corrected chi connectivity index (χ3v) is 15.4. The maximum absolute atomic E-state index is 12.8. The Balaban J connectivity index is 0.000000285. The molecular weight excluding hydrogens is 1010 g/mol. The Hall–Kier alpha value is -6.07. The highest BCUT2D eigenvalue weighted by Crippen LogP contribution is 2.60. The first-order valence-corrected chi connectivity index (χ1v) is 28.6. The van der Waals surface area contributed by atoms with E-state index in [2.05, 4.69) is 29.6 Å². The average Bonchev–Trinajstić information content (AvgIpc) is 3.49. The molecule has 4 aliphatic carbocycles. The molecule has 0 heterocycles. The first-order chi connectivity index (χ1) is 37.7. The Kier molecular flexibility index (Phi) is 22.7. The summed E-state index contributed by atoms with van der Waals surface area (Å²) in [4.78, 5) is 14.0.